The van der Waals surface area contributed by atoms with E-state index in [-0.39, 0.29) is 42.1 Å². The highest BCUT2D eigenvalue weighted by Crippen LogP contribution is 2.42. The van der Waals surface area contributed by atoms with Gasteiger partial charge in [-0.05, 0) is 31.0 Å². The van der Waals surface area contributed by atoms with Crippen LogP contribution < -0.4 is 5.32 Å². The molecule has 0 unspecified atom stereocenters. The van der Waals surface area contributed by atoms with Crippen molar-refractivity contribution >= 4 is 40.4 Å². The third-order valence-electron chi connectivity index (χ3n) is 6.90. The van der Waals surface area contributed by atoms with Crippen LogP contribution in [0.2, 0.25) is 0 Å². The van der Waals surface area contributed by atoms with Gasteiger partial charge in [0.25, 0.3) is 5.91 Å². The Morgan fingerprint density at radius 2 is 1.97 bits per heavy atom. The lowest BCUT2D eigenvalue weighted by molar-refractivity contribution is -0.136. The number of thiophene rings is 1. The zero-order chi connectivity index (χ0) is 23.0. The Labute approximate surface area is 200 Å². The van der Waals surface area contributed by atoms with Crippen molar-refractivity contribution < 1.29 is 19.1 Å². The van der Waals surface area contributed by atoms with E-state index >= 15 is 0 Å². The van der Waals surface area contributed by atoms with E-state index in [4.69, 9.17) is 16.3 Å². The Balaban J connectivity index is 1.30. The van der Waals surface area contributed by atoms with Gasteiger partial charge in [-0.2, -0.15) is 0 Å². The SMILES string of the molecule is O=C(NCC(=O)C1(N2C[C@H](Cl)[C@H]3OCC(=O)[C@H]32)CCCCC1)c1ccc(-c2ncccn2)s1. The number of likely N-dealkylation sites (tertiary alicyclic amines) is 1. The molecule has 1 amide bonds. The molecule has 2 aromatic rings. The third kappa shape index (κ3) is 4.12. The van der Waals surface area contributed by atoms with Crippen molar-refractivity contribution in [1.29, 1.82) is 0 Å². The summed E-state index contributed by atoms with van der Waals surface area (Å²) in [6.45, 7) is 0.388. The Bertz CT molecular complexity index is 1060. The lowest BCUT2D eigenvalue weighted by Crippen LogP contribution is -2.61. The van der Waals surface area contributed by atoms with Crippen LogP contribution in [-0.2, 0) is 14.3 Å². The number of ketones is 2. The van der Waals surface area contributed by atoms with Crippen LogP contribution in [-0.4, -0.2) is 75.1 Å². The Kier molecular flexibility index (Phi) is 6.30. The van der Waals surface area contributed by atoms with E-state index in [0.29, 0.717) is 30.1 Å². The van der Waals surface area contributed by atoms with E-state index < -0.39 is 11.6 Å². The van der Waals surface area contributed by atoms with E-state index in [2.05, 4.69) is 15.3 Å². The molecule has 0 spiro atoms. The number of halogens is 1. The fourth-order valence-electron chi connectivity index (χ4n) is 5.32. The highest BCUT2D eigenvalue weighted by atomic mass is 35.5. The van der Waals surface area contributed by atoms with Crippen LogP contribution >= 0.6 is 22.9 Å². The number of fused-ring (bicyclic) bond motifs is 1. The van der Waals surface area contributed by atoms with E-state index in [1.165, 1.54) is 11.3 Å². The molecular formula is C23H25ClN4O4S. The minimum absolute atomic E-state index is 0.0146. The summed E-state index contributed by atoms with van der Waals surface area (Å²) in [6.07, 6.45) is 7.12. The molecule has 0 radical (unpaired) electrons. The topological polar surface area (TPSA) is 101 Å². The van der Waals surface area contributed by atoms with Crippen molar-refractivity contribution in [2.24, 2.45) is 0 Å². The summed E-state index contributed by atoms with van der Waals surface area (Å²) in [7, 11) is 0. The minimum atomic E-state index is -0.792. The van der Waals surface area contributed by atoms with Gasteiger partial charge >= 0.3 is 0 Å². The van der Waals surface area contributed by atoms with E-state index in [1.807, 2.05) is 4.90 Å². The maximum atomic E-state index is 13.6. The second kappa shape index (κ2) is 9.21. The number of carbonyl (C=O) groups is 3. The molecule has 2 aliphatic heterocycles. The molecule has 174 valence electrons. The number of rotatable bonds is 6. The Hall–Kier alpha value is -2.20. The number of Topliss-reactive ketones (excluding diaryl/α,β-unsaturated/α-hetero) is 2. The van der Waals surface area contributed by atoms with Gasteiger partial charge in [0.05, 0.1) is 33.3 Å². The molecule has 3 atom stereocenters. The summed E-state index contributed by atoms with van der Waals surface area (Å²) < 4.78 is 5.63. The maximum absolute atomic E-state index is 13.6. The molecule has 3 aliphatic rings. The van der Waals surface area contributed by atoms with Crippen LogP contribution in [0.5, 0.6) is 0 Å². The van der Waals surface area contributed by atoms with Gasteiger partial charge in [0.1, 0.15) is 12.6 Å². The quantitative estimate of drug-likeness (QED) is 0.623. The van der Waals surface area contributed by atoms with Gasteiger partial charge in [0.2, 0.25) is 0 Å². The Morgan fingerprint density at radius 1 is 1.21 bits per heavy atom. The first-order chi connectivity index (χ1) is 16.0. The standard InChI is InChI=1S/C23H25ClN4O4S/c24-14-12-28(19-15(29)13-32-20(14)19)23(7-2-1-3-8-23)18(30)11-27-22(31)17-6-5-16(33-17)21-25-9-4-10-26-21/h4-6,9-10,14,19-20H,1-3,7-8,11-13H2,(H,27,31)/t14-,19+,20+/m0/s1. The number of amides is 1. The fraction of sp³-hybridized carbons (Fsp3) is 0.522. The molecule has 1 saturated carbocycles. The van der Waals surface area contributed by atoms with Gasteiger partial charge in [-0.15, -0.1) is 22.9 Å². The fourth-order valence-corrected chi connectivity index (χ4v) is 6.55. The first-order valence-electron chi connectivity index (χ1n) is 11.2. The van der Waals surface area contributed by atoms with Crippen LogP contribution in [0, 0.1) is 0 Å². The lowest BCUT2D eigenvalue weighted by atomic mass is 9.76. The summed E-state index contributed by atoms with van der Waals surface area (Å²) in [6, 6.07) is 4.77. The molecule has 10 heteroatoms. The largest absolute Gasteiger partial charge is 0.367 e. The van der Waals surface area contributed by atoms with Crippen LogP contribution in [0.25, 0.3) is 10.7 Å². The number of carbonyl (C=O) groups excluding carboxylic acids is 3. The number of hydrogen-bond donors (Lipinski definition) is 1. The first-order valence-corrected chi connectivity index (χ1v) is 12.5. The van der Waals surface area contributed by atoms with E-state index in [1.54, 1.807) is 30.6 Å². The van der Waals surface area contributed by atoms with Gasteiger partial charge in [0.15, 0.2) is 17.4 Å². The molecule has 0 aromatic carbocycles. The van der Waals surface area contributed by atoms with Crippen molar-refractivity contribution in [1.82, 2.24) is 20.2 Å². The Morgan fingerprint density at radius 3 is 2.73 bits per heavy atom. The smallest absolute Gasteiger partial charge is 0.261 e. The number of nitrogens with zero attached hydrogens (tertiary/aromatic N) is 3. The maximum Gasteiger partial charge on any atom is 0.261 e. The summed E-state index contributed by atoms with van der Waals surface area (Å²) in [5, 5.41) is 2.47. The van der Waals surface area contributed by atoms with Crippen molar-refractivity contribution in [3.63, 3.8) is 0 Å². The number of ether oxygens (including phenoxy) is 1. The van der Waals surface area contributed by atoms with Crippen LogP contribution in [0.1, 0.15) is 41.8 Å². The predicted octanol–water partition coefficient (Wildman–Crippen LogP) is 2.47. The van der Waals surface area contributed by atoms with Gasteiger partial charge < -0.3 is 10.1 Å². The van der Waals surface area contributed by atoms with Crippen LogP contribution in [0.4, 0.5) is 0 Å². The minimum Gasteiger partial charge on any atom is -0.367 e. The molecule has 5 rings (SSSR count). The highest BCUT2D eigenvalue weighted by molar-refractivity contribution is 7.17. The van der Waals surface area contributed by atoms with E-state index in [0.717, 1.165) is 24.1 Å². The molecule has 0 bridgehead atoms. The van der Waals surface area contributed by atoms with Crippen molar-refractivity contribution in [3.8, 4) is 10.7 Å². The van der Waals surface area contributed by atoms with Crippen molar-refractivity contribution in [2.75, 3.05) is 19.7 Å². The zero-order valence-electron chi connectivity index (χ0n) is 18.0. The lowest BCUT2D eigenvalue weighted by Gasteiger charge is -2.45. The second-order valence-corrected chi connectivity index (χ2v) is 10.4. The predicted molar refractivity (Wildman–Crippen MR) is 123 cm³/mol. The van der Waals surface area contributed by atoms with E-state index in [9.17, 15) is 14.4 Å². The second-order valence-electron chi connectivity index (χ2n) is 8.79. The number of aromatic nitrogens is 2. The van der Waals surface area contributed by atoms with Gasteiger partial charge in [-0.1, -0.05) is 19.3 Å². The third-order valence-corrected chi connectivity index (χ3v) is 8.36. The molecule has 1 N–H and O–H groups in total. The average molecular weight is 489 g/mol. The van der Waals surface area contributed by atoms with Crippen molar-refractivity contribution in [3.05, 3.63) is 35.5 Å². The molecule has 1 aliphatic carbocycles. The summed E-state index contributed by atoms with van der Waals surface area (Å²) in [5.74, 6) is 0.167. The zero-order valence-corrected chi connectivity index (χ0v) is 19.6. The number of hydrogen-bond acceptors (Lipinski definition) is 8. The molecule has 33 heavy (non-hydrogen) atoms. The first kappa shape index (κ1) is 22.6. The van der Waals surface area contributed by atoms with Crippen molar-refractivity contribution in [2.45, 2.75) is 55.2 Å². The number of nitrogens with one attached hydrogen (secondary N) is 1. The van der Waals surface area contributed by atoms with Crippen LogP contribution in [0.15, 0.2) is 30.6 Å². The normalized spacial score (nSPS) is 26.8. The molecule has 2 aromatic heterocycles. The molecule has 2 saturated heterocycles. The van der Waals surface area contributed by atoms with Gasteiger partial charge in [-0.3, -0.25) is 19.3 Å². The average Bonchev–Trinajstić information content (AvgIpc) is 3.56. The highest BCUT2D eigenvalue weighted by Gasteiger charge is 2.58. The van der Waals surface area contributed by atoms with Crippen LogP contribution in [0.3, 0.4) is 0 Å². The summed E-state index contributed by atoms with van der Waals surface area (Å²) in [5.41, 5.74) is -0.792. The molecule has 3 fully saturated rings. The molecule has 8 nitrogen and oxygen atoms in total. The molecule has 4 heterocycles. The monoisotopic (exact) mass is 488 g/mol. The van der Waals surface area contributed by atoms with Gasteiger partial charge in [-0.25, -0.2) is 9.97 Å². The summed E-state index contributed by atoms with van der Waals surface area (Å²) in [4.78, 5) is 50.6. The van der Waals surface area contributed by atoms with Gasteiger partial charge in [0, 0.05) is 18.9 Å². The number of alkyl halides is 1. The molecular weight excluding hydrogens is 464 g/mol. The summed E-state index contributed by atoms with van der Waals surface area (Å²) >= 11 is 7.79.